The van der Waals surface area contributed by atoms with Gasteiger partial charge in [-0.1, -0.05) is 47.5 Å². The second-order valence-corrected chi connectivity index (χ2v) is 7.59. The molecule has 1 aliphatic heterocycles. The van der Waals surface area contributed by atoms with Crippen molar-refractivity contribution in [3.63, 3.8) is 0 Å². The summed E-state index contributed by atoms with van der Waals surface area (Å²) in [5.74, 6) is -1.32. The van der Waals surface area contributed by atoms with E-state index in [-0.39, 0.29) is 33.9 Å². The summed E-state index contributed by atoms with van der Waals surface area (Å²) in [6, 6.07) is 14.0. The first-order valence-electron chi connectivity index (χ1n) is 8.75. The van der Waals surface area contributed by atoms with Crippen molar-refractivity contribution in [1.29, 1.82) is 0 Å². The summed E-state index contributed by atoms with van der Waals surface area (Å²) in [5, 5.41) is 22.7. The normalized spacial score (nSPS) is 17.9. The summed E-state index contributed by atoms with van der Waals surface area (Å²) in [7, 11) is 0. The second kappa shape index (κ2) is 7.36. The molecule has 1 heterocycles. The van der Waals surface area contributed by atoms with Gasteiger partial charge in [-0.2, -0.15) is 0 Å². The van der Waals surface area contributed by atoms with E-state index >= 15 is 0 Å². The molecule has 1 N–H and O–H groups in total. The molecule has 0 radical (unpaired) electrons. The number of halogens is 3. The Morgan fingerprint density at radius 2 is 1.67 bits per heavy atom. The third-order valence-corrected chi connectivity index (χ3v) is 5.67. The highest BCUT2D eigenvalue weighted by atomic mass is 35.5. The third kappa shape index (κ3) is 3.11. The van der Waals surface area contributed by atoms with E-state index < -0.39 is 22.4 Å². The van der Waals surface area contributed by atoms with Gasteiger partial charge in [-0.05, 0) is 29.8 Å². The molecule has 30 heavy (non-hydrogen) atoms. The predicted octanol–water partition coefficient (Wildman–Crippen LogP) is 4.89. The zero-order valence-electron chi connectivity index (χ0n) is 15.2. The molecule has 4 rings (SSSR count). The number of carbonyl (C=O) groups is 1. The molecule has 1 atom stereocenters. The maximum absolute atomic E-state index is 14.2. The van der Waals surface area contributed by atoms with Crippen molar-refractivity contribution in [2.24, 2.45) is 0 Å². The minimum Gasteiger partial charge on any atom is -0.363 e. The van der Waals surface area contributed by atoms with Crippen molar-refractivity contribution in [2.45, 2.75) is 12.3 Å². The van der Waals surface area contributed by atoms with Crippen LogP contribution in [-0.2, 0) is 12.3 Å². The monoisotopic (exact) mass is 446 g/mol. The molecule has 1 unspecified atom stereocenters. The summed E-state index contributed by atoms with van der Waals surface area (Å²) in [4.78, 5) is 24.6. The molecule has 0 saturated heterocycles. The Morgan fingerprint density at radius 1 is 1.03 bits per heavy atom. The third-order valence-electron chi connectivity index (χ3n) is 5.04. The average molecular weight is 447 g/mol. The van der Waals surface area contributed by atoms with Gasteiger partial charge in [0.15, 0.2) is 5.72 Å². The van der Waals surface area contributed by atoms with Crippen molar-refractivity contribution >= 4 is 34.8 Å². The number of nitro groups is 1. The molecule has 0 spiro atoms. The summed E-state index contributed by atoms with van der Waals surface area (Å²) < 4.78 is 14.2. The van der Waals surface area contributed by atoms with Crippen LogP contribution in [0.15, 0.2) is 60.7 Å². The van der Waals surface area contributed by atoms with Gasteiger partial charge >= 0.3 is 0 Å². The number of nitrogens with zero attached hydrogens (tertiary/aromatic N) is 2. The van der Waals surface area contributed by atoms with Gasteiger partial charge < -0.3 is 5.11 Å². The Labute approximate surface area is 180 Å². The lowest BCUT2D eigenvalue weighted by molar-refractivity contribution is -0.384. The van der Waals surface area contributed by atoms with Crippen LogP contribution in [0.1, 0.15) is 27.0 Å². The van der Waals surface area contributed by atoms with Gasteiger partial charge in [-0.3, -0.25) is 19.8 Å². The fourth-order valence-electron chi connectivity index (χ4n) is 3.57. The second-order valence-electron chi connectivity index (χ2n) is 6.78. The number of non-ortho nitro benzene ring substituents is 1. The summed E-state index contributed by atoms with van der Waals surface area (Å²) in [6.07, 6.45) is 0. The van der Waals surface area contributed by atoms with Crippen LogP contribution in [0.3, 0.4) is 0 Å². The lowest BCUT2D eigenvalue weighted by atomic mass is 9.93. The minimum atomic E-state index is -2.06. The first-order valence-corrected chi connectivity index (χ1v) is 9.51. The maximum atomic E-state index is 14.2. The van der Waals surface area contributed by atoms with Gasteiger partial charge in [0.25, 0.3) is 11.6 Å². The van der Waals surface area contributed by atoms with E-state index in [4.69, 9.17) is 23.2 Å². The van der Waals surface area contributed by atoms with Gasteiger partial charge in [0.1, 0.15) is 5.82 Å². The first-order chi connectivity index (χ1) is 14.2. The highest BCUT2D eigenvalue weighted by Gasteiger charge is 2.51. The van der Waals surface area contributed by atoms with Gasteiger partial charge in [-0.25, -0.2) is 4.39 Å². The van der Waals surface area contributed by atoms with E-state index in [0.717, 1.165) is 11.0 Å². The largest absolute Gasteiger partial charge is 0.363 e. The minimum absolute atomic E-state index is 0.0570. The molecular formula is C21H13Cl2FN2O4. The molecule has 3 aromatic rings. The SMILES string of the molecule is O=C1c2ccc(F)c(Cl)c2C(O)(c2ccc(Cl)cc2)N1Cc1ccc([N+](=O)[O-])cc1. The van der Waals surface area contributed by atoms with Crippen molar-refractivity contribution in [1.82, 2.24) is 4.90 Å². The lowest BCUT2D eigenvalue weighted by Crippen LogP contribution is -2.44. The smallest absolute Gasteiger partial charge is 0.269 e. The standard InChI is InChI=1S/C21H13Cl2FN2O4/c22-14-5-3-13(4-6-14)21(28)18-16(9-10-17(24)19(18)23)20(27)25(21)11-12-1-7-15(8-2-12)26(29)30/h1-10,28H,11H2. The maximum Gasteiger partial charge on any atom is 0.269 e. The molecular weight excluding hydrogens is 434 g/mol. The van der Waals surface area contributed by atoms with Crippen LogP contribution < -0.4 is 0 Å². The number of amides is 1. The van der Waals surface area contributed by atoms with E-state index in [1.54, 1.807) is 0 Å². The zero-order chi connectivity index (χ0) is 21.6. The Bertz CT molecular complexity index is 1170. The lowest BCUT2D eigenvalue weighted by Gasteiger charge is -2.35. The quantitative estimate of drug-likeness (QED) is 0.456. The Balaban J connectivity index is 1.86. The van der Waals surface area contributed by atoms with E-state index in [1.165, 1.54) is 54.6 Å². The molecule has 1 aliphatic rings. The van der Waals surface area contributed by atoms with Crippen molar-refractivity contribution in [2.75, 3.05) is 0 Å². The molecule has 0 aromatic heterocycles. The molecule has 3 aromatic carbocycles. The zero-order valence-corrected chi connectivity index (χ0v) is 16.7. The van der Waals surface area contributed by atoms with Crippen molar-refractivity contribution < 1.29 is 19.2 Å². The molecule has 152 valence electrons. The van der Waals surface area contributed by atoms with Gasteiger partial charge in [0, 0.05) is 40.4 Å². The average Bonchev–Trinajstić information content (AvgIpc) is 2.94. The summed E-state index contributed by atoms with van der Waals surface area (Å²) in [5.41, 5.74) is -1.34. The van der Waals surface area contributed by atoms with E-state index in [1.807, 2.05) is 0 Å². The fourth-order valence-corrected chi connectivity index (χ4v) is 3.99. The number of fused-ring (bicyclic) bond motifs is 1. The summed E-state index contributed by atoms with van der Waals surface area (Å²) >= 11 is 12.1. The van der Waals surface area contributed by atoms with E-state index in [9.17, 15) is 24.4 Å². The van der Waals surface area contributed by atoms with Crippen LogP contribution in [0.25, 0.3) is 0 Å². The number of carbonyl (C=O) groups excluding carboxylic acids is 1. The fraction of sp³-hybridized carbons (Fsp3) is 0.0952. The predicted molar refractivity (Wildman–Crippen MR) is 109 cm³/mol. The summed E-state index contributed by atoms with van der Waals surface area (Å²) in [6.45, 7) is -0.0947. The Hall–Kier alpha value is -3.00. The van der Waals surface area contributed by atoms with Crippen LogP contribution in [0.2, 0.25) is 10.0 Å². The van der Waals surface area contributed by atoms with Crippen LogP contribution in [-0.4, -0.2) is 20.8 Å². The van der Waals surface area contributed by atoms with Crippen LogP contribution in [0.5, 0.6) is 0 Å². The van der Waals surface area contributed by atoms with Crippen LogP contribution in [0.4, 0.5) is 10.1 Å². The first kappa shape index (κ1) is 20.3. The number of benzene rings is 3. The van der Waals surface area contributed by atoms with E-state index in [0.29, 0.717) is 10.6 Å². The number of nitro benzene ring substituents is 1. The molecule has 0 fully saturated rings. The van der Waals surface area contributed by atoms with Gasteiger partial charge in [0.05, 0.1) is 9.95 Å². The molecule has 9 heteroatoms. The Kier molecular flexibility index (Phi) is 4.97. The molecule has 0 saturated carbocycles. The molecule has 6 nitrogen and oxygen atoms in total. The van der Waals surface area contributed by atoms with Crippen molar-refractivity contribution in [3.05, 3.63) is 109 Å². The number of hydrogen-bond donors (Lipinski definition) is 1. The molecule has 0 bridgehead atoms. The topological polar surface area (TPSA) is 83.7 Å². The number of hydrogen-bond acceptors (Lipinski definition) is 4. The van der Waals surface area contributed by atoms with Crippen molar-refractivity contribution in [3.8, 4) is 0 Å². The van der Waals surface area contributed by atoms with E-state index in [2.05, 4.69) is 0 Å². The molecule has 0 aliphatic carbocycles. The van der Waals surface area contributed by atoms with Gasteiger partial charge in [-0.15, -0.1) is 0 Å². The van der Waals surface area contributed by atoms with Crippen LogP contribution in [0, 0.1) is 15.9 Å². The highest BCUT2D eigenvalue weighted by molar-refractivity contribution is 6.32. The van der Waals surface area contributed by atoms with Crippen LogP contribution >= 0.6 is 23.2 Å². The highest BCUT2D eigenvalue weighted by Crippen LogP contribution is 2.47. The molecule has 1 amide bonds. The Morgan fingerprint density at radius 3 is 2.27 bits per heavy atom. The number of aliphatic hydroxyl groups is 1. The van der Waals surface area contributed by atoms with Gasteiger partial charge in [0.2, 0.25) is 0 Å². The number of rotatable bonds is 4.